The highest BCUT2D eigenvalue weighted by Crippen LogP contribution is 2.28. The number of carbonyl (C=O) groups is 1. The minimum Gasteiger partial charge on any atom is -0.493 e. The molecule has 10 heteroatoms. The van der Waals surface area contributed by atoms with E-state index >= 15 is 0 Å². The zero-order valence-electron chi connectivity index (χ0n) is 19.9. The second kappa shape index (κ2) is 11.3. The van der Waals surface area contributed by atoms with Gasteiger partial charge in [0, 0.05) is 24.6 Å². The van der Waals surface area contributed by atoms with Gasteiger partial charge in [-0.3, -0.25) is 14.2 Å². The summed E-state index contributed by atoms with van der Waals surface area (Å²) in [5.74, 6) is 1.32. The van der Waals surface area contributed by atoms with Crippen LogP contribution in [0.5, 0.6) is 11.5 Å². The van der Waals surface area contributed by atoms with Gasteiger partial charge in [0.2, 0.25) is 5.91 Å². The SMILES string of the molecule is COCCn1c(SCC(=O)NCCc2ccc(OC)c(OC)c2)nc2c([nH]c3ccccc32)c1=O. The van der Waals surface area contributed by atoms with Gasteiger partial charge >= 0.3 is 0 Å². The molecule has 2 N–H and O–H groups in total. The van der Waals surface area contributed by atoms with Crippen molar-refractivity contribution >= 4 is 39.6 Å². The number of carbonyl (C=O) groups excluding carboxylic acids is 1. The molecule has 2 aromatic heterocycles. The summed E-state index contributed by atoms with van der Waals surface area (Å²) in [5, 5.41) is 4.29. The molecule has 0 aliphatic carbocycles. The first-order chi connectivity index (χ1) is 17.0. The van der Waals surface area contributed by atoms with Gasteiger partial charge in [0.1, 0.15) is 11.0 Å². The minimum atomic E-state index is -0.181. The van der Waals surface area contributed by atoms with Crippen molar-refractivity contribution in [3.8, 4) is 11.5 Å². The highest BCUT2D eigenvalue weighted by Gasteiger charge is 2.17. The van der Waals surface area contributed by atoms with Crippen LogP contribution >= 0.6 is 11.8 Å². The topological polar surface area (TPSA) is 107 Å². The van der Waals surface area contributed by atoms with Crippen LogP contribution in [0.4, 0.5) is 0 Å². The molecule has 0 aliphatic rings. The maximum atomic E-state index is 13.2. The van der Waals surface area contributed by atoms with Crippen LogP contribution < -0.4 is 20.3 Å². The maximum Gasteiger partial charge on any atom is 0.278 e. The lowest BCUT2D eigenvalue weighted by atomic mass is 10.1. The Bertz CT molecular complexity index is 1400. The van der Waals surface area contributed by atoms with Gasteiger partial charge in [-0.05, 0) is 30.2 Å². The first kappa shape index (κ1) is 24.6. The third-order valence-electron chi connectivity index (χ3n) is 5.61. The number of hydrogen-bond donors (Lipinski definition) is 2. The van der Waals surface area contributed by atoms with Crippen molar-refractivity contribution in [1.29, 1.82) is 0 Å². The van der Waals surface area contributed by atoms with Gasteiger partial charge < -0.3 is 24.5 Å². The fourth-order valence-electron chi connectivity index (χ4n) is 3.83. The average Bonchev–Trinajstić information content (AvgIpc) is 3.26. The summed E-state index contributed by atoms with van der Waals surface area (Å²) >= 11 is 1.24. The van der Waals surface area contributed by atoms with Gasteiger partial charge in [-0.1, -0.05) is 36.0 Å². The Morgan fingerprint density at radius 3 is 2.69 bits per heavy atom. The number of thioether (sulfide) groups is 1. The number of nitrogens with one attached hydrogen (secondary N) is 2. The highest BCUT2D eigenvalue weighted by molar-refractivity contribution is 7.99. The Labute approximate surface area is 206 Å². The molecule has 0 spiro atoms. The highest BCUT2D eigenvalue weighted by atomic mass is 32.2. The third kappa shape index (κ3) is 5.44. The van der Waals surface area contributed by atoms with E-state index in [0.29, 0.717) is 53.8 Å². The molecule has 1 amide bonds. The van der Waals surface area contributed by atoms with Gasteiger partial charge in [0.15, 0.2) is 16.7 Å². The van der Waals surface area contributed by atoms with Crippen LogP contribution in [0.15, 0.2) is 52.4 Å². The Hall–Kier alpha value is -3.50. The number of aromatic amines is 1. The van der Waals surface area contributed by atoms with Gasteiger partial charge in [-0.25, -0.2) is 4.98 Å². The van der Waals surface area contributed by atoms with E-state index in [1.54, 1.807) is 25.9 Å². The van der Waals surface area contributed by atoms with E-state index < -0.39 is 0 Å². The van der Waals surface area contributed by atoms with Crippen molar-refractivity contribution in [2.24, 2.45) is 0 Å². The van der Waals surface area contributed by atoms with Crippen molar-refractivity contribution in [2.45, 2.75) is 18.1 Å². The number of para-hydroxylation sites is 1. The molecule has 0 aliphatic heterocycles. The van der Waals surface area contributed by atoms with E-state index in [1.807, 2.05) is 42.5 Å². The van der Waals surface area contributed by atoms with Crippen LogP contribution in [0, 0.1) is 0 Å². The normalized spacial score (nSPS) is 11.2. The minimum absolute atomic E-state index is 0.137. The quantitative estimate of drug-likeness (QED) is 0.243. The number of benzene rings is 2. The first-order valence-corrected chi connectivity index (χ1v) is 12.1. The molecule has 0 unspecified atom stereocenters. The number of aromatic nitrogens is 3. The average molecular weight is 497 g/mol. The number of fused-ring (bicyclic) bond motifs is 3. The Morgan fingerprint density at radius 1 is 1.11 bits per heavy atom. The zero-order valence-corrected chi connectivity index (χ0v) is 20.7. The monoisotopic (exact) mass is 496 g/mol. The Kier molecular flexibility index (Phi) is 7.94. The maximum absolute atomic E-state index is 13.2. The first-order valence-electron chi connectivity index (χ1n) is 11.2. The lowest BCUT2D eigenvalue weighted by Crippen LogP contribution is -2.29. The molecular formula is C25H28N4O5S. The van der Waals surface area contributed by atoms with Crippen molar-refractivity contribution in [1.82, 2.24) is 19.9 Å². The number of nitrogens with zero attached hydrogens (tertiary/aromatic N) is 2. The summed E-state index contributed by atoms with van der Waals surface area (Å²) < 4.78 is 17.3. The summed E-state index contributed by atoms with van der Waals surface area (Å²) in [5.41, 5.74) is 2.75. The molecule has 4 rings (SSSR count). The largest absolute Gasteiger partial charge is 0.493 e. The van der Waals surface area contributed by atoms with E-state index in [2.05, 4.69) is 10.3 Å². The zero-order chi connectivity index (χ0) is 24.8. The van der Waals surface area contributed by atoms with Crippen molar-refractivity contribution in [3.63, 3.8) is 0 Å². The molecule has 0 fully saturated rings. The Balaban J connectivity index is 1.45. The van der Waals surface area contributed by atoms with Gasteiger partial charge in [0.25, 0.3) is 5.56 Å². The third-order valence-corrected chi connectivity index (χ3v) is 6.59. The van der Waals surface area contributed by atoms with Crippen LogP contribution in [0.1, 0.15) is 5.56 Å². The molecule has 0 radical (unpaired) electrons. The van der Waals surface area contributed by atoms with Crippen LogP contribution in [0.2, 0.25) is 0 Å². The number of rotatable bonds is 11. The Morgan fingerprint density at radius 2 is 1.91 bits per heavy atom. The molecule has 0 atom stereocenters. The fourth-order valence-corrected chi connectivity index (χ4v) is 4.68. The molecule has 2 aromatic carbocycles. The van der Waals surface area contributed by atoms with Crippen LogP contribution in [0.25, 0.3) is 21.9 Å². The van der Waals surface area contributed by atoms with Gasteiger partial charge in [0.05, 0.1) is 33.1 Å². The van der Waals surface area contributed by atoms with Crippen LogP contribution in [-0.2, 0) is 22.5 Å². The molecule has 4 aromatic rings. The fraction of sp³-hybridized carbons (Fsp3) is 0.320. The van der Waals surface area contributed by atoms with Crippen molar-refractivity contribution in [3.05, 3.63) is 58.4 Å². The van der Waals surface area contributed by atoms with E-state index in [9.17, 15) is 9.59 Å². The number of ether oxygens (including phenoxy) is 3. The summed E-state index contributed by atoms with van der Waals surface area (Å²) in [6.45, 7) is 1.18. The van der Waals surface area contributed by atoms with Crippen LogP contribution in [-0.4, -0.2) is 60.7 Å². The predicted molar refractivity (Wildman–Crippen MR) is 137 cm³/mol. The molecule has 0 saturated heterocycles. The lowest BCUT2D eigenvalue weighted by Gasteiger charge is -2.12. The molecule has 9 nitrogen and oxygen atoms in total. The molecule has 0 bridgehead atoms. The number of amides is 1. The van der Waals surface area contributed by atoms with Crippen molar-refractivity contribution < 1.29 is 19.0 Å². The molecule has 0 saturated carbocycles. The molecule has 35 heavy (non-hydrogen) atoms. The second-order valence-corrected chi connectivity index (χ2v) is 8.76. The lowest BCUT2D eigenvalue weighted by molar-refractivity contribution is -0.118. The summed E-state index contributed by atoms with van der Waals surface area (Å²) in [6, 6.07) is 13.3. The summed E-state index contributed by atoms with van der Waals surface area (Å²) in [7, 11) is 4.77. The van der Waals surface area contributed by atoms with E-state index in [0.717, 1.165) is 16.5 Å². The number of H-pyrrole nitrogens is 1. The van der Waals surface area contributed by atoms with E-state index in [1.165, 1.54) is 11.8 Å². The van der Waals surface area contributed by atoms with Gasteiger partial charge in [-0.2, -0.15) is 0 Å². The summed E-state index contributed by atoms with van der Waals surface area (Å²) in [4.78, 5) is 33.7. The molecule has 184 valence electrons. The standard InChI is InChI=1S/C25H28N4O5S/c1-32-13-12-29-24(31)23-22(17-6-4-5-7-18(17)27-23)28-25(29)35-15-21(30)26-11-10-16-8-9-19(33-2)20(14-16)34-3/h4-9,14,27H,10-13,15H2,1-3H3,(H,26,30). The summed E-state index contributed by atoms with van der Waals surface area (Å²) in [6.07, 6.45) is 0.648. The predicted octanol–water partition coefficient (Wildman–Crippen LogP) is 2.99. The number of methoxy groups -OCH3 is 3. The van der Waals surface area contributed by atoms with E-state index in [4.69, 9.17) is 19.2 Å². The number of hydrogen-bond acceptors (Lipinski definition) is 7. The second-order valence-electron chi connectivity index (χ2n) is 7.82. The van der Waals surface area contributed by atoms with Crippen molar-refractivity contribution in [2.75, 3.05) is 40.2 Å². The smallest absolute Gasteiger partial charge is 0.278 e. The van der Waals surface area contributed by atoms with Crippen LogP contribution in [0.3, 0.4) is 0 Å². The molecular weight excluding hydrogens is 468 g/mol. The van der Waals surface area contributed by atoms with E-state index in [-0.39, 0.29) is 17.2 Å². The van der Waals surface area contributed by atoms with Gasteiger partial charge in [-0.15, -0.1) is 0 Å². The molecule has 2 heterocycles.